The Morgan fingerprint density at radius 3 is 2.41 bits per heavy atom. The van der Waals surface area contributed by atoms with Crippen molar-refractivity contribution in [1.29, 1.82) is 0 Å². The van der Waals surface area contributed by atoms with Gasteiger partial charge in [0.1, 0.15) is 0 Å². The second-order valence-electron chi connectivity index (χ2n) is 4.03. The fourth-order valence-electron chi connectivity index (χ4n) is 1.67. The standard InChI is InChI=1S/C15H20O2/c1-4-6-13-7-9-14(10-8-13)12(3)11-15(16)17-5-2/h7-11H,4-6H2,1-3H3. The van der Waals surface area contributed by atoms with Crippen LogP contribution in [0.15, 0.2) is 30.3 Å². The van der Waals surface area contributed by atoms with Crippen molar-refractivity contribution in [3.05, 3.63) is 41.5 Å². The number of allylic oxidation sites excluding steroid dienone is 1. The maximum Gasteiger partial charge on any atom is 0.331 e. The van der Waals surface area contributed by atoms with E-state index in [1.165, 1.54) is 5.56 Å². The average molecular weight is 232 g/mol. The van der Waals surface area contributed by atoms with E-state index in [2.05, 4.69) is 31.2 Å². The van der Waals surface area contributed by atoms with E-state index < -0.39 is 0 Å². The molecule has 0 spiro atoms. The molecule has 92 valence electrons. The first-order valence-corrected chi connectivity index (χ1v) is 6.11. The summed E-state index contributed by atoms with van der Waals surface area (Å²) in [6.45, 7) is 6.31. The molecular formula is C15H20O2. The number of hydrogen-bond acceptors (Lipinski definition) is 2. The summed E-state index contributed by atoms with van der Waals surface area (Å²) in [7, 11) is 0. The van der Waals surface area contributed by atoms with E-state index in [0.717, 1.165) is 24.0 Å². The number of hydrogen-bond donors (Lipinski definition) is 0. The number of rotatable bonds is 5. The molecule has 0 saturated carbocycles. The SMILES string of the molecule is CCCc1ccc(C(C)=CC(=O)OCC)cc1. The van der Waals surface area contributed by atoms with Crippen LogP contribution in [0.2, 0.25) is 0 Å². The summed E-state index contributed by atoms with van der Waals surface area (Å²) in [5, 5.41) is 0. The number of aryl methyl sites for hydroxylation is 1. The highest BCUT2D eigenvalue weighted by Crippen LogP contribution is 2.15. The van der Waals surface area contributed by atoms with Crippen LogP contribution in [-0.4, -0.2) is 12.6 Å². The Morgan fingerprint density at radius 1 is 1.24 bits per heavy atom. The molecule has 0 atom stereocenters. The lowest BCUT2D eigenvalue weighted by Gasteiger charge is -2.04. The zero-order valence-corrected chi connectivity index (χ0v) is 10.8. The molecule has 0 aromatic heterocycles. The highest BCUT2D eigenvalue weighted by Gasteiger charge is 2.01. The predicted molar refractivity (Wildman–Crippen MR) is 70.7 cm³/mol. The van der Waals surface area contributed by atoms with Gasteiger partial charge in [-0.3, -0.25) is 0 Å². The Kier molecular flexibility index (Phi) is 5.47. The van der Waals surface area contributed by atoms with Gasteiger partial charge in [-0.25, -0.2) is 4.79 Å². The molecule has 17 heavy (non-hydrogen) atoms. The van der Waals surface area contributed by atoms with Crippen LogP contribution in [0.4, 0.5) is 0 Å². The van der Waals surface area contributed by atoms with Gasteiger partial charge in [-0.05, 0) is 37.0 Å². The number of benzene rings is 1. The Labute approximate surface area is 103 Å². The Hall–Kier alpha value is -1.57. The molecule has 0 aliphatic carbocycles. The lowest BCUT2D eigenvalue weighted by molar-refractivity contribution is -0.137. The third kappa shape index (κ3) is 4.43. The summed E-state index contributed by atoms with van der Waals surface area (Å²) in [6.07, 6.45) is 3.79. The molecule has 0 N–H and O–H groups in total. The minimum Gasteiger partial charge on any atom is -0.463 e. The summed E-state index contributed by atoms with van der Waals surface area (Å²) in [5.41, 5.74) is 3.34. The molecule has 0 amide bonds. The number of carbonyl (C=O) groups excluding carboxylic acids is 1. The van der Waals surface area contributed by atoms with Gasteiger partial charge in [0.2, 0.25) is 0 Å². The first-order valence-electron chi connectivity index (χ1n) is 6.11. The number of carbonyl (C=O) groups is 1. The minimum atomic E-state index is -0.275. The van der Waals surface area contributed by atoms with Gasteiger partial charge in [0.25, 0.3) is 0 Å². The zero-order valence-electron chi connectivity index (χ0n) is 10.8. The predicted octanol–water partition coefficient (Wildman–Crippen LogP) is 3.61. The van der Waals surface area contributed by atoms with Gasteiger partial charge in [-0.15, -0.1) is 0 Å². The molecule has 1 rings (SSSR count). The zero-order chi connectivity index (χ0) is 12.7. The van der Waals surface area contributed by atoms with Gasteiger partial charge in [0, 0.05) is 6.08 Å². The highest BCUT2D eigenvalue weighted by molar-refractivity contribution is 5.90. The third-order valence-corrected chi connectivity index (χ3v) is 2.57. The van der Waals surface area contributed by atoms with Crippen molar-refractivity contribution in [2.75, 3.05) is 6.61 Å². The molecule has 0 fully saturated rings. The van der Waals surface area contributed by atoms with E-state index in [4.69, 9.17) is 4.74 Å². The molecule has 0 radical (unpaired) electrons. The van der Waals surface area contributed by atoms with Crippen molar-refractivity contribution in [1.82, 2.24) is 0 Å². The largest absolute Gasteiger partial charge is 0.463 e. The van der Waals surface area contributed by atoms with Crippen LogP contribution in [0.5, 0.6) is 0 Å². The van der Waals surface area contributed by atoms with E-state index in [0.29, 0.717) is 6.61 Å². The van der Waals surface area contributed by atoms with Gasteiger partial charge in [0.15, 0.2) is 0 Å². The number of ether oxygens (including phenoxy) is 1. The van der Waals surface area contributed by atoms with Crippen molar-refractivity contribution in [3.63, 3.8) is 0 Å². The molecule has 0 bridgehead atoms. The fourth-order valence-corrected chi connectivity index (χ4v) is 1.67. The Bertz CT molecular complexity index is 388. The first kappa shape index (κ1) is 13.5. The van der Waals surface area contributed by atoms with Gasteiger partial charge in [0.05, 0.1) is 6.61 Å². The van der Waals surface area contributed by atoms with Crippen molar-refractivity contribution >= 4 is 11.5 Å². The second kappa shape index (κ2) is 6.89. The van der Waals surface area contributed by atoms with Crippen molar-refractivity contribution in [2.24, 2.45) is 0 Å². The number of esters is 1. The van der Waals surface area contributed by atoms with Crippen LogP contribution in [0.25, 0.3) is 5.57 Å². The molecule has 1 aromatic carbocycles. The van der Waals surface area contributed by atoms with Crippen LogP contribution < -0.4 is 0 Å². The van der Waals surface area contributed by atoms with E-state index in [9.17, 15) is 4.79 Å². The molecule has 2 nitrogen and oxygen atoms in total. The topological polar surface area (TPSA) is 26.3 Å². The van der Waals surface area contributed by atoms with Crippen molar-refractivity contribution in [3.8, 4) is 0 Å². The second-order valence-corrected chi connectivity index (χ2v) is 4.03. The molecule has 0 saturated heterocycles. The maximum absolute atomic E-state index is 11.3. The molecule has 0 aliphatic heterocycles. The van der Waals surface area contributed by atoms with E-state index in [1.807, 2.05) is 6.92 Å². The van der Waals surface area contributed by atoms with Crippen LogP contribution in [0, 0.1) is 0 Å². The summed E-state index contributed by atoms with van der Waals surface area (Å²) >= 11 is 0. The smallest absolute Gasteiger partial charge is 0.331 e. The lowest BCUT2D eigenvalue weighted by Crippen LogP contribution is -2.00. The van der Waals surface area contributed by atoms with E-state index in [1.54, 1.807) is 13.0 Å². The normalized spacial score (nSPS) is 11.4. The van der Waals surface area contributed by atoms with Crippen LogP contribution in [-0.2, 0) is 16.0 Å². The van der Waals surface area contributed by atoms with Gasteiger partial charge >= 0.3 is 5.97 Å². The van der Waals surface area contributed by atoms with Crippen LogP contribution >= 0.6 is 0 Å². The van der Waals surface area contributed by atoms with Gasteiger partial charge < -0.3 is 4.74 Å². The molecule has 0 heterocycles. The molecule has 1 aromatic rings. The third-order valence-electron chi connectivity index (χ3n) is 2.57. The molecule has 2 heteroatoms. The van der Waals surface area contributed by atoms with Gasteiger partial charge in [-0.2, -0.15) is 0 Å². The van der Waals surface area contributed by atoms with Crippen molar-refractivity contribution in [2.45, 2.75) is 33.6 Å². The van der Waals surface area contributed by atoms with E-state index in [-0.39, 0.29) is 5.97 Å². The monoisotopic (exact) mass is 232 g/mol. The first-order chi connectivity index (χ1) is 8.17. The summed E-state index contributed by atoms with van der Waals surface area (Å²) < 4.78 is 4.88. The average Bonchev–Trinajstić information content (AvgIpc) is 2.30. The fraction of sp³-hybridized carbons (Fsp3) is 0.400. The molecule has 0 aliphatic rings. The Balaban J connectivity index is 2.75. The minimum absolute atomic E-state index is 0.275. The van der Waals surface area contributed by atoms with Crippen LogP contribution in [0.3, 0.4) is 0 Å². The summed E-state index contributed by atoms with van der Waals surface area (Å²) in [4.78, 5) is 11.3. The van der Waals surface area contributed by atoms with E-state index >= 15 is 0 Å². The van der Waals surface area contributed by atoms with Crippen LogP contribution in [0.1, 0.15) is 38.3 Å². The summed E-state index contributed by atoms with van der Waals surface area (Å²) in [5.74, 6) is -0.275. The van der Waals surface area contributed by atoms with Gasteiger partial charge in [-0.1, -0.05) is 37.6 Å². The molecular weight excluding hydrogens is 212 g/mol. The quantitative estimate of drug-likeness (QED) is 0.572. The lowest BCUT2D eigenvalue weighted by atomic mass is 10.0. The summed E-state index contributed by atoms with van der Waals surface area (Å²) in [6, 6.07) is 8.33. The Morgan fingerprint density at radius 2 is 1.88 bits per heavy atom. The molecule has 0 unspecified atom stereocenters. The van der Waals surface area contributed by atoms with Crippen molar-refractivity contribution < 1.29 is 9.53 Å². The highest BCUT2D eigenvalue weighted by atomic mass is 16.5. The maximum atomic E-state index is 11.3.